The minimum absolute atomic E-state index is 0.230. The Hall–Kier alpha value is -1.99. The molecular formula is C51H93O8P. The highest BCUT2D eigenvalue weighted by molar-refractivity contribution is 7.47. The maximum atomic E-state index is 12.6. The van der Waals surface area contributed by atoms with E-state index in [0.717, 1.165) is 71.3 Å². The zero-order valence-corrected chi connectivity index (χ0v) is 40.0. The van der Waals surface area contributed by atoms with Crippen molar-refractivity contribution in [2.24, 2.45) is 0 Å². The fourth-order valence-electron chi connectivity index (χ4n) is 6.96. The monoisotopic (exact) mass is 865 g/mol. The zero-order valence-electron chi connectivity index (χ0n) is 39.1. The summed E-state index contributed by atoms with van der Waals surface area (Å²) in [5, 5.41) is 0. The van der Waals surface area contributed by atoms with Crippen molar-refractivity contribution in [3.63, 3.8) is 0 Å². The molecule has 0 fully saturated rings. The molecule has 0 aliphatic heterocycles. The Labute approximate surface area is 369 Å². The van der Waals surface area contributed by atoms with Gasteiger partial charge in [0.1, 0.15) is 6.61 Å². The van der Waals surface area contributed by atoms with E-state index in [-0.39, 0.29) is 25.4 Å². The molecule has 2 atom stereocenters. The summed E-state index contributed by atoms with van der Waals surface area (Å²) in [5.41, 5.74) is 0. The van der Waals surface area contributed by atoms with Gasteiger partial charge in [-0.05, 0) is 77.0 Å². The lowest BCUT2D eigenvalue weighted by Gasteiger charge is -2.19. The Balaban J connectivity index is 3.93. The van der Waals surface area contributed by atoms with Crippen molar-refractivity contribution >= 4 is 19.8 Å². The average molecular weight is 865 g/mol. The molecule has 0 aromatic carbocycles. The second-order valence-corrected chi connectivity index (χ2v) is 18.2. The number of ether oxygens (including phenoxy) is 2. The van der Waals surface area contributed by atoms with Crippen molar-refractivity contribution in [1.82, 2.24) is 0 Å². The summed E-state index contributed by atoms with van der Waals surface area (Å²) in [7, 11) is -3.21. The number of hydrogen-bond donors (Lipinski definition) is 1. The van der Waals surface area contributed by atoms with E-state index in [0.29, 0.717) is 6.42 Å². The van der Waals surface area contributed by atoms with Crippen molar-refractivity contribution < 1.29 is 37.6 Å². The molecule has 9 heteroatoms. The predicted molar refractivity (Wildman–Crippen MR) is 253 cm³/mol. The Morgan fingerprint density at radius 3 is 1.18 bits per heavy atom. The van der Waals surface area contributed by atoms with Gasteiger partial charge in [0.2, 0.25) is 0 Å². The van der Waals surface area contributed by atoms with Gasteiger partial charge >= 0.3 is 19.8 Å². The lowest BCUT2D eigenvalue weighted by molar-refractivity contribution is -0.161. The Morgan fingerprint density at radius 2 is 0.800 bits per heavy atom. The van der Waals surface area contributed by atoms with Crippen molar-refractivity contribution in [3.05, 3.63) is 48.6 Å². The Kier molecular flexibility index (Phi) is 45.0. The fraction of sp³-hybridized carbons (Fsp3) is 0.804. The highest BCUT2D eigenvalue weighted by Gasteiger charge is 2.24. The third-order valence-corrected chi connectivity index (χ3v) is 11.7. The van der Waals surface area contributed by atoms with E-state index >= 15 is 0 Å². The first-order valence-corrected chi connectivity index (χ1v) is 26.3. The zero-order chi connectivity index (χ0) is 43.9. The molecule has 0 radical (unpaired) electrons. The van der Waals surface area contributed by atoms with E-state index in [1.165, 1.54) is 141 Å². The number of hydrogen-bond acceptors (Lipinski definition) is 7. The summed E-state index contributed by atoms with van der Waals surface area (Å²) in [6.45, 7) is 3.88. The average Bonchev–Trinajstić information content (AvgIpc) is 3.24. The van der Waals surface area contributed by atoms with Crippen LogP contribution in [0.15, 0.2) is 48.6 Å². The molecule has 0 heterocycles. The number of carbonyl (C=O) groups is 2. The summed E-state index contributed by atoms with van der Waals surface area (Å²) < 4.78 is 32.1. The summed E-state index contributed by atoms with van der Waals surface area (Å²) in [6, 6.07) is 0. The molecule has 0 aliphatic rings. The van der Waals surface area contributed by atoms with E-state index in [4.69, 9.17) is 14.0 Å². The van der Waals surface area contributed by atoms with Crippen molar-refractivity contribution in [2.75, 3.05) is 20.3 Å². The minimum atomic E-state index is -4.27. The molecule has 0 amide bonds. The number of rotatable bonds is 46. The van der Waals surface area contributed by atoms with Crippen LogP contribution in [0.1, 0.15) is 239 Å². The van der Waals surface area contributed by atoms with Crippen molar-refractivity contribution in [3.8, 4) is 0 Å². The number of allylic oxidation sites excluding steroid dienone is 8. The van der Waals surface area contributed by atoms with Gasteiger partial charge in [0, 0.05) is 20.0 Å². The summed E-state index contributed by atoms with van der Waals surface area (Å²) >= 11 is 0. The number of esters is 2. The summed E-state index contributed by atoms with van der Waals surface area (Å²) in [5.74, 6) is -0.810. The van der Waals surface area contributed by atoms with E-state index in [2.05, 4.69) is 67.0 Å². The molecule has 0 aromatic rings. The third kappa shape index (κ3) is 45.5. The van der Waals surface area contributed by atoms with Crippen LogP contribution in [0.5, 0.6) is 0 Å². The van der Waals surface area contributed by atoms with Gasteiger partial charge in [-0.3, -0.25) is 18.6 Å². The summed E-state index contributed by atoms with van der Waals surface area (Å²) in [4.78, 5) is 34.6. The molecule has 0 aliphatic carbocycles. The number of carbonyl (C=O) groups excluding carboxylic acids is 2. The molecule has 8 nitrogen and oxygen atoms in total. The van der Waals surface area contributed by atoms with Gasteiger partial charge in [-0.15, -0.1) is 0 Å². The predicted octanol–water partition coefficient (Wildman–Crippen LogP) is 16.1. The first-order valence-electron chi connectivity index (χ1n) is 24.8. The minimum Gasteiger partial charge on any atom is -0.462 e. The van der Waals surface area contributed by atoms with Gasteiger partial charge in [0.15, 0.2) is 6.10 Å². The van der Waals surface area contributed by atoms with E-state index in [1.54, 1.807) is 0 Å². The van der Waals surface area contributed by atoms with Crippen molar-refractivity contribution in [2.45, 2.75) is 245 Å². The second-order valence-electron chi connectivity index (χ2n) is 16.6. The van der Waals surface area contributed by atoms with Crippen LogP contribution in [0.25, 0.3) is 0 Å². The molecule has 0 saturated carbocycles. The molecule has 350 valence electrons. The quantitative estimate of drug-likeness (QED) is 0.0279. The van der Waals surface area contributed by atoms with Gasteiger partial charge in [-0.25, -0.2) is 4.57 Å². The molecule has 1 N–H and O–H groups in total. The number of phosphoric acid groups is 1. The third-order valence-electron chi connectivity index (χ3n) is 10.8. The van der Waals surface area contributed by atoms with Gasteiger partial charge < -0.3 is 14.4 Å². The highest BCUT2D eigenvalue weighted by Crippen LogP contribution is 2.42. The van der Waals surface area contributed by atoms with Gasteiger partial charge in [-0.2, -0.15) is 0 Å². The summed E-state index contributed by atoms with van der Waals surface area (Å²) in [6.07, 6.45) is 57.4. The van der Waals surface area contributed by atoms with Crippen LogP contribution in [-0.2, 0) is 32.7 Å². The maximum absolute atomic E-state index is 12.6. The van der Waals surface area contributed by atoms with E-state index < -0.39 is 26.5 Å². The van der Waals surface area contributed by atoms with Gasteiger partial charge in [0.05, 0.1) is 6.61 Å². The first-order chi connectivity index (χ1) is 29.3. The normalized spacial score (nSPS) is 13.6. The Morgan fingerprint density at radius 1 is 0.467 bits per heavy atom. The first kappa shape index (κ1) is 58.0. The van der Waals surface area contributed by atoms with Crippen LogP contribution in [0.3, 0.4) is 0 Å². The standard InChI is InChI=1S/C51H93O8P/c1-4-6-8-10-12-14-16-18-20-22-24-25-26-27-28-30-32-34-36-38-40-42-44-46-51(53)59-49(48-58-60(54,55)56-3)47-57-50(52)45-43-41-39-37-35-33-31-29-23-21-19-17-15-13-11-9-7-5-2/h15-18,21-24,49H,4-14,19-20,25-48H2,1-3H3,(H,54,55)/b17-15-,18-16-,23-21-,24-22-. The van der Waals surface area contributed by atoms with E-state index in [1.807, 2.05) is 0 Å². The SMILES string of the molecule is CCCCCC/C=C\C/C=C\CCCCCCCCCC(=O)OCC(COP(=O)(O)OC)OC(=O)CCCCCCCCCCCCC/C=C\C/C=C\CCCCCCC. The van der Waals surface area contributed by atoms with Gasteiger partial charge in [0.25, 0.3) is 0 Å². The molecule has 2 unspecified atom stereocenters. The topological polar surface area (TPSA) is 108 Å². The smallest absolute Gasteiger partial charge is 0.462 e. The maximum Gasteiger partial charge on any atom is 0.472 e. The molecule has 0 bridgehead atoms. The van der Waals surface area contributed by atoms with Crippen LogP contribution in [0, 0.1) is 0 Å². The molecular weight excluding hydrogens is 772 g/mol. The lowest BCUT2D eigenvalue weighted by atomic mass is 10.0. The second kappa shape index (κ2) is 46.5. The van der Waals surface area contributed by atoms with Crippen LogP contribution < -0.4 is 0 Å². The largest absolute Gasteiger partial charge is 0.472 e. The van der Waals surface area contributed by atoms with Crippen LogP contribution in [0.2, 0.25) is 0 Å². The van der Waals surface area contributed by atoms with Crippen LogP contribution in [-0.4, -0.2) is 43.3 Å². The number of unbranched alkanes of at least 4 members (excludes halogenated alkanes) is 27. The fourth-order valence-corrected chi connectivity index (χ4v) is 7.42. The molecule has 60 heavy (non-hydrogen) atoms. The molecule has 0 saturated heterocycles. The molecule has 0 rings (SSSR count). The van der Waals surface area contributed by atoms with E-state index in [9.17, 15) is 19.0 Å². The molecule has 0 aromatic heterocycles. The van der Waals surface area contributed by atoms with Crippen molar-refractivity contribution in [1.29, 1.82) is 0 Å². The Bertz CT molecular complexity index is 1120. The highest BCUT2D eigenvalue weighted by atomic mass is 31.2. The van der Waals surface area contributed by atoms with Crippen LogP contribution in [0.4, 0.5) is 0 Å². The lowest BCUT2D eigenvalue weighted by Crippen LogP contribution is -2.29. The number of phosphoric ester groups is 1. The van der Waals surface area contributed by atoms with Gasteiger partial charge in [-0.1, -0.05) is 197 Å². The molecule has 0 spiro atoms. The van der Waals surface area contributed by atoms with Crippen LogP contribution >= 0.6 is 7.82 Å².